The van der Waals surface area contributed by atoms with E-state index in [1.165, 1.54) is 0 Å². The van der Waals surface area contributed by atoms with Crippen LogP contribution >= 0.6 is 0 Å². The number of aliphatic imine (C=N–C) groups is 1. The van der Waals surface area contributed by atoms with Crippen LogP contribution in [0.25, 0.3) is 5.65 Å². The van der Waals surface area contributed by atoms with Crippen molar-refractivity contribution < 1.29 is 0 Å². The van der Waals surface area contributed by atoms with Gasteiger partial charge in [-0.3, -0.25) is 5.73 Å². The van der Waals surface area contributed by atoms with Gasteiger partial charge in [0.1, 0.15) is 11.5 Å². The van der Waals surface area contributed by atoms with Gasteiger partial charge in [-0.25, -0.2) is 9.98 Å². The number of amidine groups is 1. The zero-order chi connectivity index (χ0) is 11.9. The summed E-state index contributed by atoms with van der Waals surface area (Å²) in [7, 11) is 0. The lowest BCUT2D eigenvalue weighted by Crippen LogP contribution is -2.49. The zero-order valence-corrected chi connectivity index (χ0v) is 9.04. The lowest BCUT2D eigenvalue weighted by atomic mass is 10.1. The number of nitrogens with one attached hydrogen (secondary N) is 1. The molecule has 1 atom stereocenters. The van der Waals surface area contributed by atoms with E-state index in [9.17, 15) is 0 Å². The van der Waals surface area contributed by atoms with Crippen molar-refractivity contribution in [2.24, 2.45) is 16.5 Å². The Morgan fingerprint density at radius 2 is 2.24 bits per heavy atom. The Kier molecular flexibility index (Phi) is 1.93. The molecular weight excluding hydrogens is 216 g/mol. The highest BCUT2D eigenvalue weighted by atomic mass is 15.3. The molecule has 0 saturated carbocycles. The molecule has 5 N–H and O–H groups in total. The molecule has 0 radical (unpaired) electrons. The Morgan fingerprint density at radius 3 is 3.06 bits per heavy atom. The number of imidazole rings is 1. The molecule has 0 bridgehead atoms. The third kappa shape index (κ3) is 1.55. The van der Waals surface area contributed by atoms with Crippen molar-refractivity contribution in [3.05, 3.63) is 48.6 Å². The highest BCUT2D eigenvalue weighted by Crippen LogP contribution is 2.20. The van der Waals surface area contributed by atoms with Gasteiger partial charge >= 0.3 is 0 Å². The van der Waals surface area contributed by atoms with Gasteiger partial charge in [0, 0.05) is 30.4 Å². The van der Waals surface area contributed by atoms with Crippen molar-refractivity contribution in [3.8, 4) is 0 Å². The molecule has 0 spiro atoms. The summed E-state index contributed by atoms with van der Waals surface area (Å²) >= 11 is 0. The van der Waals surface area contributed by atoms with E-state index in [4.69, 9.17) is 11.5 Å². The van der Waals surface area contributed by atoms with Crippen LogP contribution < -0.4 is 16.8 Å². The first-order valence-electron chi connectivity index (χ1n) is 5.19. The first-order valence-corrected chi connectivity index (χ1v) is 5.19. The van der Waals surface area contributed by atoms with Crippen molar-refractivity contribution >= 4 is 11.5 Å². The van der Waals surface area contributed by atoms with Crippen molar-refractivity contribution in [3.63, 3.8) is 0 Å². The van der Waals surface area contributed by atoms with E-state index in [-0.39, 0.29) is 0 Å². The van der Waals surface area contributed by atoms with Crippen molar-refractivity contribution in [2.45, 2.75) is 5.79 Å². The summed E-state index contributed by atoms with van der Waals surface area (Å²) in [4.78, 5) is 8.42. The second-order valence-electron chi connectivity index (χ2n) is 3.89. The largest absolute Gasteiger partial charge is 0.384 e. The molecule has 6 nitrogen and oxygen atoms in total. The van der Waals surface area contributed by atoms with Gasteiger partial charge in [0.05, 0.1) is 0 Å². The van der Waals surface area contributed by atoms with Crippen LogP contribution in [-0.2, 0) is 5.79 Å². The number of hydrogen-bond acceptors (Lipinski definition) is 5. The minimum Gasteiger partial charge on any atom is -0.384 e. The quantitative estimate of drug-likeness (QED) is 0.634. The summed E-state index contributed by atoms with van der Waals surface area (Å²) in [6, 6.07) is 3.76. The number of nitrogens with two attached hydrogens (primary N) is 2. The van der Waals surface area contributed by atoms with Crippen LogP contribution in [-0.4, -0.2) is 15.2 Å². The maximum atomic E-state index is 6.16. The number of rotatable bonds is 1. The Labute approximate surface area is 97.7 Å². The summed E-state index contributed by atoms with van der Waals surface area (Å²) in [5.74, 6) is -0.624. The molecular formula is C11H12N6. The first kappa shape index (κ1) is 9.86. The predicted octanol–water partition coefficient (Wildman–Crippen LogP) is -0.123. The van der Waals surface area contributed by atoms with Crippen LogP contribution in [0.4, 0.5) is 0 Å². The lowest BCUT2D eigenvalue weighted by Gasteiger charge is -2.28. The number of nitrogens with zero attached hydrogens (tertiary/aromatic N) is 3. The second kappa shape index (κ2) is 3.33. The molecule has 0 aliphatic carbocycles. The molecule has 3 heterocycles. The number of aromatic nitrogens is 2. The van der Waals surface area contributed by atoms with E-state index >= 15 is 0 Å². The highest BCUT2D eigenvalue weighted by Gasteiger charge is 2.27. The molecule has 6 heteroatoms. The Balaban J connectivity index is 2.11. The maximum Gasteiger partial charge on any atom is 0.211 e. The summed E-state index contributed by atoms with van der Waals surface area (Å²) in [6.45, 7) is 0. The van der Waals surface area contributed by atoms with Crippen molar-refractivity contribution in [2.75, 3.05) is 0 Å². The van der Waals surface area contributed by atoms with Crippen LogP contribution in [0.2, 0.25) is 0 Å². The Hall–Kier alpha value is -2.34. The zero-order valence-electron chi connectivity index (χ0n) is 9.04. The molecule has 3 rings (SSSR count). The standard InChI is InChI=1S/C11H12N6/c12-9-1-3-15-11(13,16-9)8-2-5-17-6-4-14-10(17)7-8/h1-7,15H,13H2,(H2,12,16). The smallest absolute Gasteiger partial charge is 0.211 e. The average molecular weight is 228 g/mol. The fourth-order valence-corrected chi connectivity index (χ4v) is 1.82. The molecule has 86 valence electrons. The molecule has 0 aromatic carbocycles. The van der Waals surface area contributed by atoms with Gasteiger partial charge in [-0.05, 0) is 18.2 Å². The number of hydrogen-bond donors (Lipinski definition) is 3. The van der Waals surface area contributed by atoms with Gasteiger partial charge < -0.3 is 15.5 Å². The summed E-state index contributed by atoms with van der Waals surface area (Å²) < 4.78 is 1.90. The molecule has 2 aromatic heterocycles. The van der Waals surface area contributed by atoms with Crippen molar-refractivity contribution in [1.29, 1.82) is 0 Å². The summed E-state index contributed by atoms with van der Waals surface area (Å²) in [5.41, 5.74) is 13.5. The summed E-state index contributed by atoms with van der Waals surface area (Å²) in [6.07, 6.45) is 8.84. The number of pyridine rings is 1. The van der Waals surface area contributed by atoms with E-state index in [2.05, 4.69) is 15.3 Å². The van der Waals surface area contributed by atoms with Crippen LogP contribution in [0.5, 0.6) is 0 Å². The molecule has 0 fully saturated rings. The molecule has 1 aliphatic heterocycles. The van der Waals surface area contributed by atoms with Gasteiger partial charge in [-0.2, -0.15) is 0 Å². The van der Waals surface area contributed by atoms with E-state index < -0.39 is 5.79 Å². The van der Waals surface area contributed by atoms with E-state index in [1.807, 2.05) is 28.9 Å². The van der Waals surface area contributed by atoms with E-state index in [0.717, 1.165) is 11.2 Å². The first-order chi connectivity index (χ1) is 8.17. The van der Waals surface area contributed by atoms with E-state index in [0.29, 0.717) is 5.84 Å². The fraction of sp³-hybridized carbons (Fsp3) is 0.0909. The average Bonchev–Trinajstić information content (AvgIpc) is 2.75. The number of fused-ring (bicyclic) bond motifs is 1. The second-order valence-corrected chi connectivity index (χ2v) is 3.89. The SMILES string of the molecule is NC1=NC(N)(c2ccn3ccnc3c2)NC=C1. The maximum absolute atomic E-state index is 6.16. The predicted molar refractivity (Wildman–Crippen MR) is 65.0 cm³/mol. The van der Waals surface area contributed by atoms with Crippen LogP contribution in [0.3, 0.4) is 0 Å². The highest BCUT2D eigenvalue weighted by molar-refractivity contribution is 5.92. The topological polar surface area (TPSA) is 93.7 Å². The summed E-state index contributed by atoms with van der Waals surface area (Å²) in [5, 5.41) is 2.99. The molecule has 2 aromatic rings. The minimum atomic E-state index is -1.02. The molecule has 0 saturated heterocycles. The molecule has 0 amide bonds. The third-order valence-corrected chi connectivity index (χ3v) is 2.70. The van der Waals surface area contributed by atoms with Crippen molar-refractivity contribution in [1.82, 2.24) is 14.7 Å². The normalized spacial score (nSPS) is 23.5. The lowest BCUT2D eigenvalue weighted by molar-refractivity contribution is 0.410. The van der Waals surface area contributed by atoms with Gasteiger partial charge in [0.15, 0.2) is 0 Å². The minimum absolute atomic E-state index is 0.398. The van der Waals surface area contributed by atoms with Gasteiger partial charge in [0.25, 0.3) is 0 Å². The third-order valence-electron chi connectivity index (χ3n) is 2.70. The fourth-order valence-electron chi connectivity index (χ4n) is 1.82. The molecule has 17 heavy (non-hydrogen) atoms. The van der Waals surface area contributed by atoms with Gasteiger partial charge in [-0.1, -0.05) is 0 Å². The molecule has 1 aliphatic rings. The van der Waals surface area contributed by atoms with Gasteiger partial charge in [0.2, 0.25) is 5.79 Å². The monoisotopic (exact) mass is 228 g/mol. The van der Waals surface area contributed by atoms with Crippen LogP contribution in [0, 0.1) is 0 Å². The van der Waals surface area contributed by atoms with E-state index in [1.54, 1.807) is 18.5 Å². The Bertz CT molecular complexity index is 626. The van der Waals surface area contributed by atoms with Crippen LogP contribution in [0.15, 0.2) is 48.0 Å². The molecule has 1 unspecified atom stereocenters. The van der Waals surface area contributed by atoms with Gasteiger partial charge in [-0.15, -0.1) is 0 Å². The Morgan fingerprint density at radius 1 is 1.35 bits per heavy atom. The van der Waals surface area contributed by atoms with Crippen LogP contribution in [0.1, 0.15) is 5.56 Å².